The third-order valence-electron chi connectivity index (χ3n) is 2.44. The highest BCUT2D eigenvalue weighted by Crippen LogP contribution is 2.25. The summed E-state index contributed by atoms with van der Waals surface area (Å²) >= 11 is 6.12. The minimum Gasteiger partial charge on any atom is -0.492 e. The highest BCUT2D eigenvalue weighted by atomic mass is 35.5. The van der Waals surface area contributed by atoms with Gasteiger partial charge in [-0.05, 0) is 44.6 Å². The van der Waals surface area contributed by atoms with Gasteiger partial charge in [0.25, 0.3) is 0 Å². The molecular weight excluding hydrogens is 236 g/mol. The van der Waals surface area contributed by atoms with Crippen LogP contribution in [0.4, 0.5) is 0 Å². The molecule has 0 saturated carbocycles. The zero-order valence-corrected chi connectivity index (χ0v) is 11.3. The molecule has 0 aliphatic heterocycles. The Morgan fingerprint density at radius 2 is 2.06 bits per heavy atom. The second-order valence-electron chi connectivity index (χ2n) is 3.80. The number of halogens is 1. The molecule has 0 unspecified atom stereocenters. The van der Waals surface area contributed by atoms with Gasteiger partial charge in [0.15, 0.2) is 0 Å². The van der Waals surface area contributed by atoms with Crippen molar-refractivity contribution in [2.24, 2.45) is 0 Å². The first kappa shape index (κ1) is 14.3. The summed E-state index contributed by atoms with van der Waals surface area (Å²) in [5.41, 5.74) is 1.23. The topological polar surface area (TPSA) is 33.3 Å². The van der Waals surface area contributed by atoms with Crippen LogP contribution in [0.1, 0.15) is 12.5 Å². The van der Waals surface area contributed by atoms with Crippen LogP contribution in [-0.4, -0.2) is 33.3 Å². The van der Waals surface area contributed by atoms with Gasteiger partial charge in [-0.3, -0.25) is 0 Å². The highest BCUT2D eigenvalue weighted by Gasteiger charge is 2.02. The van der Waals surface area contributed by atoms with Crippen molar-refractivity contribution in [3.8, 4) is 5.75 Å². The van der Waals surface area contributed by atoms with Gasteiger partial charge in [-0.25, -0.2) is 0 Å². The number of hydrogen-bond donors (Lipinski definition) is 2. The van der Waals surface area contributed by atoms with Crippen molar-refractivity contribution in [3.05, 3.63) is 28.8 Å². The van der Waals surface area contributed by atoms with Crippen LogP contribution in [0.15, 0.2) is 18.2 Å². The smallest absolute Gasteiger partial charge is 0.137 e. The number of rotatable bonds is 8. The Labute approximate surface area is 109 Å². The Hall–Kier alpha value is -0.770. The van der Waals surface area contributed by atoms with Crippen LogP contribution >= 0.6 is 11.6 Å². The molecule has 96 valence electrons. The summed E-state index contributed by atoms with van der Waals surface area (Å²) in [5.74, 6) is 0.765. The second kappa shape index (κ2) is 8.34. The van der Waals surface area contributed by atoms with E-state index in [1.807, 2.05) is 26.1 Å². The summed E-state index contributed by atoms with van der Waals surface area (Å²) in [6.45, 7) is 5.54. The molecule has 0 saturated heterocycles. The van der Waals surface area contributed by atoms with E-state index in [1.165, 1.54) is 5.56 Å². The van der Waals surface area contributed by atoms with Gasteiger partial charge in [0.2, 0.25) is 0 Å². The van der Waals surface area contributed by atoms with Crippen molar-refractivity contribution in [2.75, 3.05) is 33.3 Å². The fraction of sp³-hybridized carbons (Fsp3) is 0.538. The van der Waals surface area contributed by atoms with Gasteiger partial charge in [0.1, 0.15) is 5.75 Å². The molecule has 2 N–H and O–H groups in total. The zero-order chi connectivity index (χ0) is 12.5. The maximum absolute atomic E-state index is 6.12. The average Bonchev–Trinajstić information content (AvgIpc) is 2.32. The Morgan fingerprint density at radius 3 is 2.71 bits per heavy atom. The first-order valence-corrected chi connectivity index (χ1v) is 6.42. The van der Waals surface area contributed by atoms with Gasteiger partial charge in [-0.2, -0.15) is 0 Å². The van der Waals surface area contributed by atoms with Crippen molar-refractivity contribution in [1.82, 2.24) is 10.6 Å². The molecule has 4 heteroatoms. The maximum Gasteiger partial charge on any atom is 0.137 e. The van der Waals surface area contributed by atoms with Gasteiger partial charge in [0, 0.05) is 13.1 Å². The molecule has 0 atom stereocenters. The van der Waals surface area contributed by atoms with E-state index >= 15 is 0 Å². The van der Waals surface area contributed by atoms with Crippen LogP contribution in [0.25, 0.3) is 0 Å². The molecule has 0 aliphatic rings. The van der Waals surface area contributed by atoms with E-state index < -0.39 is 0 Å². The SMILES string of the molecule is CCOc1ccc(CCNCCNC)cc1Cl. The third kappa shape index (κ3) is 5.39. The molecule has 0 aromatic heterocycles. The fourth-order valence-corrected chi connectivity index (χ4v) is 1.80. The largest absolute Gasteiger partial charge is 0.492 e. The van der Waals surface area contributed by atoms with E-state index in [1.54, 1.807) is 0 Å². The molecule has 1 rings (SSSR count). The monoisotopic (exact) mass is 256 g/mol. The van der Waals surface area contributed by atoms with E-state index in [4.69, 9.17) is 16.3 Å². The van der Waals surface area contributed by atoms with Gasteiger partial charge in [-0.1, -0.05) is 17.7 Å². The summed E-state index contributed by atoms with van der Waals surface area (Å²) in [6, 6.07) is 5.98. The van der Waals surface area contributed by atoms with Crippen LogP contribution in [0.2, 0.25) is 5.02 Å². The molecule has 0 fully saturated rings. The van der Waals surface area contributed by atoms with E-state index in [-0.39, 0.29) is 0 Å². The Balaban J connectivity index is 2.36. The predicted octanol–water partition coefficient (Wildman–Crippen LogP) is 2.09. The van der Waals surface area contributed by atoms with Crippen molar-refractivity contribution in [3.63, 3.8) is 0 Å². The van der Waals surface area contributed by atoms with Gasteiger partial charge in [-0.15, -0.1) is 0 Å². The lowest BCUT2D eigenvalue weighted by Crippen LogP contribution is -2.26. The Bertz CT molecular complexity index is 331. The van der Waals surface area contributed by atoms with E-state index in [9.17, 15) is 0 Å². The lowest BCUT2D eigenvalue weighted by Gasteiger charge is -2.08. The molecule has 0 bridgehead atoms. The molecular formula is C13H21ClN2O. The first-order valence-electron chi connectivity index (χ1n) is 6.04. The highest BCUT2D eigenvalue weighted by molar-refractivity contribution is 6.32. The zero-order valence-electron chi connectivity index (χ0n) is 10.6. The minimum atomic E-state index is 0.643. The maximum atomic E-state index is 6.12. The molecule has 0 amide bonds. The average molecular weight is 257 g/mol. The first-order chi connectivity index (χ1) is 8.27. The van der Waals surface area contributed by atoms with Crippen LogP contribution in [0.3, 0.4) is 0 Å². The van der Waals surface area contributed by atoms with Crippen molar-refractivity contribution >= 4 is 11.6 Å². The molecule has 1 aromatic rings. The van der Waals surface area contributed by atoms with Gasteiger partial charge in [0.05, 0.1) is 11.6 Å². The summed E-state index contributed by atoms with van der Waals surface area (Å²) in [6.07, 6.45) is 0.982. The van der Waals surface area contributed by atoms with E-state index in [0.717, 1.165) is 31.8 Å². The number of likely N-dealkylation sites (N-methyl/N-ethyl adjacent to an activating group) is 1. The number of hydrogen-bond acceptors (Lipinski definition) is 3. The Morgan fingerprint density at radius 1 is 1.24 bits per heavy atom. The second-order valence-corrected chi connectivity index (χ2v) is 4.21. The van der Waals surface area contributed by atoms with Crippen molar-refractivity contribution in [1.29, 1.82) is 0 Å². The van der Waals surface area contributed by atoms with Crippen LogP contribution < -0.4 is 15.4 Å². The van der Waals surface area contributed by atoms with E-state index in [2.05, 4.69) is 16.7 Å². The van der Waals surface area contributed by atoms with Crippen LogP contribution in [0, 0.1) is 0 Å². The summed E-state index contributed by atoms with van der Waals surface area (Å²) in [5, 5.41) is 7.15. The number of ether oxygens (including phenoxy) is 1. The molecule has 1 aromatic carbocycles. The Kier molecular flexibility index (Phi) is 7.01. The predicted molar refractivity (Wildman–Crippen MR) is 73.1 cm³/mol. The van der Waals surface area contributed by atoms with Crippen molar-refractivity contribution in [2.45, 2.75) is 13.3 Å². The normalized spacial score (nSPS) is 10.5. The molecule has 0 spiro atoms. The summed E-state index contributed by atoms with van der Waals surface area (Å²) in [7, 11) is 1.95. The lowest BCUT2D eigenvalue weighted by atomic mass is 10.1. The molecule has 0 aliphatic carbocycles. The standard InChI is InChI=1S/C13H21ClN2O/c1-3-17-13-5-4-11(10-12(13)14)6-7-16-9-8-15-2/h4-5,10,15-16H,3,6-9H2,1-2H3. The van der Waals surface area contributed by atoms with Gasteiger partial charge >= 0.3 is 0 Å². The quantitative estimate of drug-likeness (QED) is 0.699. The lowest BCUT2D eigenvalue weighted by molar-refractivity contribution is 0.340. The van der Waals surface area contributed by atoms with Gasteiger partial charge < -0.3 is 15.4 Å². The van der Waals surface area contributed by atoms with Crippen molar-refractivity contribution < 1.29 is 4.74 Å². The summed E-state index contributed by atoms with van der Waals surface area (Å²) < 4.78 is 5.39. The number of benzene rings is 1. The third-order valence-corrected chi connectivity index (χ3v) is 2.73. The van der Waals surface area contributed by atoms with E-state index in [0.29, 0.717) is 11.6 Å². The minimum absolute atomic E-state index is 0.643. The molecule has 0 radical (unpaired) electrons. The summed E-state index contributed by atoms with van der Waals surface area (Å²) in [4.78, 5) is 0. The number of nitrogens with one attached hydrogen (secondary N) is 2. The molecule has 3 nitrogen and oxygen atoms in total. The van der Waals surface area contributed by atoms with Crippen LogP contribution in [0.5, 0.6) is 5.75 Å². The van der Waals surface area contributed by atoms with Crippen LogP contribution in [-0.2, 0) is 6.42 Å². The molecule has 0 heterocycles. The molecule has 17 heavy (non-hydrogen) atoms. The fourth-order valence-electron chi connectivity index (χ4n) is 1.54.